The smallest absolute Gasteiger partial charge is 0.308 e. The SMILES string of the molecule is CC(=O)Oc1c(I)cc(OC(C)CC(=O)O)cc1I. The minimum Gasteiger partial charge on any atom is -0.490 e. The predicted molar refractivity (Wildman–Crippen MR) is 85.5 cm³/mol. The van der Waals surface area contributed by atoms with Crippen LogP contribution in [-0.4, -0.2) is 23.1 Å². The summed E-state index contributed by atoms with van der Waals surface area (Å²) >= 11 is 4.08. The van der Waals surface area contributed by atoms with Crippen molar-refractivity contribution in [1.29, 1.82) is 0 Å². The van der Waals surface area contributed by atoms with Crippen LogP contribution in [0.1, 0.15) is 20.3 Å². The van der Waals surface area contributed by atoms with E-state index in [1.54, 1.807) is 19.1 Å². The Kier molecular flexibility index (Phi) is 6.30. The molecule has 0 aromatic heterocycles. The van der Waals surface area contributed by atoms with Gasteiger partial charge in [0, 0.05) is 6.92 Å². The molecule has 1 N–H and O–H groups in total. The van der Waals surface area contributed by atoms with Crippen molar-refractivity contribution in [2.75, 3.05) is 0 Å². The molecule has 0 radical (unpaired) electrons. The van der Waals surface area contributed by atoms with Crippen molar-refractivity contribution in [1.82, 2.24) is 0 Å². The zero-order valence-corrected chi connectivity index (χ0v) is 14.6. The van der Waals surface area contributed by atoms with Crippen molar-refractivity contribution in [2.24, 2.45) is 0 Å². The maximum atomic E-state index is 11.0. The normalized spacial score (nSPS) is 11.8. The fourth-order valence-corrected chi connectivity index (χ4v) is 3.30. The number of hydrogen-bond acceptors (Lipinski definition) is 4. The highest BCUT2D eigenvalue weighted by Gasteiger charge is 2.14. The average Bonchev–Trinajstić information content (AvgIpc) is 2.21. The first-order valence-electron chi connectivity index (χ1n) is 5.35. The third kappa shape index (κ3) is 5.51. The molecule has 19 heavy (non-hydrogen) atoms. The van der Waals surface area contributed by atoms with Gasteiger partial charge >= 0.3 is 11.9 Å². The van der Waals surface area contributed by atoms with Crippen LogP contribution >= 0.6 is 45.2 Å². The first-order chi connectivity index (χ1) is 8.79. The molecule has 1 aromatic rings. The Labute approximate surface area is 137 Å². The predicted octanol–water partition coefficient (Wildman–Crippen LogP) is 3.06. The lowest BCUT2D eigenvalue weighted by Gasteiger charge is -2.15. The number of carbonyl (C=O) groups is 2. The summed E-state index contributed by atoms with van der Waals surface area (Å²) in [6.07, 6.45) is -0.498. The van der Waals surface area contributed by atoms with Crippen LogP contribution in [0.4, 0.5) is 0 Å². The number of aliphatic carboxylic acids is 1. The molecular weight excluding hydrogens is 478 g/mol. The largest absolute Gasteiger partial charge is 0.490 e. The summed E-state index contributed by atoms with van der Waals surface area (Å²) < 4.78 is 12.1. The van der Waals surface area contributed by atoms with E-state index in [-0.39, 0.29) is 12.4 Å². The second-order valence-corrected chi connectivity index (χ2v) is 6.16. The quantitative estimate of drug-likeness (QED) is 0.391. The number of carbonyl (C=O) groups excluding carboxylic acids is 1. The number of carboxylic acids is 1. The number of halogens is 2. The third-order valence-corrected chi connectivity index (χ3v) is 3.62. The summed E-state index contributed by atoms with van der Waals surface area (Å²) in [6.45, 7) is 3.03. The van der Waals surface area contributed by atoms with Gasteiger partial charge in [0.15, 0.2) is 5.75 Å². The Balaban J connectivity index is 2.88. The van der Waals surface area contributed by atoms with Crippen molar-refractivity contribution >= 4 is 57.1 Å². The van der Waals surface area contributed by atoms with Crippen molar-refractivity contribution in [3.05, 3.63) is 19.3 Å². The van der Waals surface area contributed by atoms with Gasteiger partial charge in [-0.15, -0.1) is 0 Å². The third-order valence-electron chi connectivity index (χ3n) is 2.02. The molecule has 0 bridgehead atoms. The molecule has 1 unspecified atom stereocenters. The minimum atomic E-state index is -0.909. The van der Waals surface area contributed by atoms with Crippen LogP contribution in [0.3, 0.4) is 0 Å². The van der Waals surface area contributed by atoms with Crippen LogP contribution in [0.25, 0.3) is 0 Å². The van der Waals surface area contributed by atoms with Crippen LogP contribution in [0.5, 0.6) is 11.5 Å². The molecule has 0 saturated carbocycles. The molecule has 7 heteroatoms. The minimum absolute atomic E-state index is 0.0706. The van der Waals surface area contributed by atoms with Gasteiger partial charge in [-0.2, -0.15) is 0 Å². The summed E-state index contributed by atoms with van der Waals surface area (Å²) in [7, 11) is 0. The molecule has 0 heterocycles. The van der Waals surface area contributed by atoms with Gasteiger partial charge in [0.1, 0.15) is 11.9 Å². The summed E-state index contributed by atoms with van der Waals surface area (Å²) in [6, 6.07) is 3.42. The van der Waals surface area contributed by atoms with Gasteiger partial charge in [-0.1, -0.05) is 0 Å². The van der Waals surface area contributed by atoms with Crippen LogP contribution in [-0.2, 0) is 9.59 Å². The zero-order valence-electron chi connectivity index (χ0n) is 10.3. The molecule has 0 saturated heterocycles. The highest BCUT2D eigenvalue weighted by atomic mass is 127. The number of esters is 1. The van der Waals surface area contributed by atoms with Crippen LogP contribution in [0.15, 0.2) is 12.1 Å². The standard InChI is InChI=1S/C12H12I2O5/c1-6(3-11(16)17)18-8-4-9(13)12(10(14)5-8)19-7(2)15/h4-6H,3H2,1-2H3,(H,16,17). The lowest BCUT2D eigenvalue weighted by molar-refractivity contribution is -0.138. The number of benzene rings is 1. The highest BCUT2D eigenvalue weighted by molar-refractivity contribution is 14.1. The number of carboxylic acid groups (broad SMARTS) is 1. The number of rotatable bonds is 5. The Morgan fingerprint density at radius 3 is 2.26 bits per heavy atom. The van der Waals surface area contributed by atoms with Crippen LogP contribution in [0.2, 0.25) is 0 Å². The van der Waals surface area contributed by atoms with Gasteiger partial charge in [0.05, 0.1) is 13.6 Å². The monoisotopic (exact) mass is 490 g/mol. The molecule has 0 fully saturated rings. The van der Waals surface area contributed by atoms with E-state index < -0.39 is 12.1 Å². The van der Waals surface area contributed by atoms with Crippen LogP contribution < -0.4 is 9.47 Å². The van der Waals surface area contributed by atoms with Crippen molar-refractivity contribution in [3.8, 4) is 11.5 Å². The molecule has 1 aromatic carbocycles. The van der Waals surface area contributed by atoms with E-state index >= 15 is 0 Å². The molecule has 0 aliphatic carbocycles. The second-order valence-electron chi connectivity index (χ2n) is 3.84. The van der Waals surface area contributed by atoms with Crippen molar-refractivity contribution in [2.45, 2.75) is 26.4 Å². The van der Waals surface area contributed by atoms with Gasteiger partial charge in [-0.25, -0.2) is 0 Å². The van der Waals surface area contributed by atoms with Gasteiger partial charge in [-0.05, 0) is 64.2 Å². The zero-order chi connectivity index (χ0) is 14.6. The lowest BCUT2D eigenvalue weighted by atomic mass is 10.2. The molecule has 1 rings (SSSR count). The highest BCUT2D eigenvalue weighted by Crippen LogP contribution is 2.32. The Bertz CT molecular complexity index is 478. The first kappa shape index (κ1) is 16.5. The van der Waals surface area contributed by atoms with Gasteiger partial charge in [-0.3, -0.25) is 9.59 Å². The van der Waals surface area contributed by atoms with E-state index in [1.165, 1.54) is 6.92 Å². The average molecular weight is 490 g/mol. The fraction of sp³-hybridized carbons (Fsp3) is 0.333. The van der Waals surface area contributed by atoms with E-state index in [2.05, 4.69) is 0 Å². The van der Waals surface area contributed by atoms with E-state index in [0.717, 1.165) is 7.14 Å². The topological polar surface area (TPSA) is 72.8 Å². The molecule has 104 valence electrons. The van der Waals surface area contributed by atoms with Gasteiger partial charge in [0.2, 0.25) is 0 Å². The molecule has 0 amide bonds. The Hall–Kier alpha value is -0.580. The summed E-state index contributed by atoms with van der Waals surface area (Å²) in [5.41, 5.74) is 0. The lowest BCUT2D eigenvalue weighted by Crippen LogP contribution is -2.16. The molecule has 5 nitrogen and oxygen atoms in total. The summed E-state index contributed by atoms with van der Waals surface area (Å²) in [5, 5.41) is 8.67. The summed E-state index contributed by atoms with van der Waals surface area (Å²) in [4.78, 5) is 21.5. The molecule has 0 spiro atoms. The molecule has 0 aliphatic rings. The van der Waals surface area contributed by atoms with Crippen molar-refractivity contribution < 1.29 is 24.2 Å². The van der Waals surface area contributed by atoms with Crippen LogP contribution in [0, 0.1) is 7.14 Å². The number of ether oxygens (including phenoxy) is 2. The van der Waals surface area contributed by atoms with E-state index in [4.69, 9.17) is 14.6 Å². The first-order valence-corrected chi connectivity index (χ1v) is 7.51. The van der Waals surface area contributed by atoms with E-state index in [9.17, 15) is 9.59 Å². The Morgan fingerprint density at radius 1 is 1.32 bits per heavy atom. The molecular formula is C12H12I2O5. The maximum Gasteiger partial charge on any atom is 0.308 e. The Morgan fingerprint density at radius 2 is 1.84 bits per heavy atom. The summed E-state index contributed by atoms with van der Waals surface area (Å²) in [5.74, 6) is -0.248. The van der Waals surface area contributed by atoms with E-state index in [0.29, 0.717) is 11.5 Å². The van der Waals surface area contributed by atoms with Gasteiger partial charge in [0.25, 0.3) is 0 Å². The molecule has 1 atom stereocenters. The number of hydrogen-bond donors (Lipinski definition) is 1. The van der Waals surface area contributed by atoms with E-state index in [1.807, 2.05) is 45.2 Å². The maximum absolute atomic E-state index is 11.0. The fourth-order valence-electron chi connectivity index (χ4n) is 1.37. The second kappa shape index (κ2) is 7.27. The van der Waals surface area contributed by atoms with Crippen molar-refractivity contribution in [3.63, 3.8) is 0 Å². The molecule has 0 aliphatic heterocycles. The van der Waals surface area contributed by atoms with Gasteiger partial charge < -0.3 is 14.6 Å².